The molecule has 1 heterocycles. The minimum atomic E-state index is -1.49. The first kappa shape index (κ1) is 10.9. The standard InChI is InChI=1S/C8H14FNO2S/c1-7(2,3)13(11)10-4-8(9)5-12-6-8/h4H,5-6H2,1-3H3. The second-order valence-corrected chi connectivity index (χ2v) is 6.06. The third kappa shape index (κ3) is 2.93. The Morgan fingerprint density at radius 2 is 2.08 bits per heavy atom. The molecule has 1 atom stereocenters. The Morgan fingerprint density at radius 3 is 2.38 bits per heavy atom. The molecule has 1 saturated heterocycles. The van der Waals surface area contributed by atoms with Crippen LogP contribution in [-0.4, -0.2) is 34.4 Å². The van der Waals surface area contributed by atoms with Gasteiger partial charge in [0.05, 0.1) is 19.4 Å². The summed E-state index contributed by atoms with van der Waals surface area (Å²) in [7, 11) is 0. The van der Waals surface area contributed by atoms with Gasteiger partial charge in [-0.2, -0.15) is 0 Å². The van der Waals surface area contributed by atoms with Gasteiger partial charge >= 0.3 is 0 Å². The van der Waals surface area contributed by atoms with Gasteiger partial charge in [-0.15, -0.1) is 0 Å². The van der Waals surface area contributed by atoms with E-state index in [1.54, 1.807) is 20.8 Å². The summed E-state index contributed by atoms with van der Waals surface area (Å²) in [6.45, 7) is 5.43. The summed E-state index contributed by atoms with van der Waals surface area (Å²) in [5.74, 6) is 0. The molecule has 1 rings (SSSR count). The largest absolute Gasteiger partial charge is 0.591 e. The number of hydrogen-bond donors (Lipinski definition) is 0. The average Bonchev–Trinajstić information content (AvgIpc) is 1.94. The molecule has 0 spiro atoms. The van der Waals surface area contributed by atoms with E-state index in [2.05, 4.69) is 4.40 Å². The van der Waals surface area contributed by atoms with Crippen LogP contribution in [-0.2, 0) is 16.1 Å². The second kappa shape index (κ2) is 3.55. The fourth-order valence-corrected chi connectivity index (χ4v) is 1.27. The van der Waals surface area contributed by atoms with Crippen molar-refractivity contribution in [2.45, 2.75) is 31.2 Å². The highest BCUT2D eigenvalue weighted by atomic mass is 32.2. The van der Waals surface area contributed by atoms with Crippen molar-refractivity contribution in [2.24, 2.45) is 4.40 Å². The SMILES string of the molecule is CC(C)(C)[S+]([O-])N=CC1(F)COC1. The Balaban J connectivity index is 2.48. The quantitative estimate of drug-likeness (QED) is 0.505. The first-order chi connectivity index (χ1) is 5.83. The van der Waals surface area contributed by atoms with Gasteiger partial charge in [0.25, 0.3) is 0 Å². The van der Waals surface area contributed by atoms with Crippen molar-refractivity contribution in [3.8, 4) is 0 Å². The zero-order chi connectivity index (χ0) is 10.1. The topological polar surface area (TPSA) is 44.7 Å². The number of ether oxygens (including phenoxy) is 1. The lowest BCUT2D eigenvalue weighted by molar-refractivity contribution is -0.0839. The third-order valence-electron chi connectivity index (χ3n) is 1.59. The molecule has 1 aliphatic rings. The predicted molar refractivity (Wildman–Crippen MR) is 51.0 cm³/mol. The smallest absolute Gasteiger partial charge is 0.196 e. The van der Waals surface area contributed by atoms with Crippen molar-refractivity contribution < 1.29 is 13.7 Å². The Kier molecular flexibility index (Phi) is 2.99. The van der Waals surface area contributed by atoms with Gasteiger partial charge in [0.1, 0.15) is 16.1 Å². The maximum Gasteiger partial charge on any atom is 0.196 e. The Bertz CT molecular complexity index is 211. The van der Waals surface area contributed by atoms with Gasteiger partial charge in [0.15, 0.2) is 5.67 Å². The van der Waals surface area contributed by atoms with Gasteiger partial charge in [-0.3, -0.25) is 0 Å². The van der Waals surface area contributed by atoms with Crippen LogP contribution < -0.4 is 0 Å². The van der Waals surface area contributed by atoms with E-state index in [0.29, 0.717) is 0 Å². The normalized spacial score (nSPS) is 24.4. The molecule has 0 aliphatic carbocycles. The molecule has 1 unspecified atom stereocenters. The van der Waals surface area contributed by atoms with E-state index < -0.39 is 21.8 Å². The molecule has 1 fully saturated rings. The van der Waals surface area contributed by atoms with Crippen molar-refractivity contribution in [3.05, 3.63) is 0 Å². The summed E-state index contributed by atoms with van der Waals surface area (Å²) in [5.41, 5.74) is -1.49. The Morgan fingerprint density at radius 1 is 1.54 bits per heavy atom. The summed E-state index contributed by atoms with van der Waals surface area (Å²) in [5, 5.41) is 0. The van der Waals surface area contributed by atoms with Gasteiger partial charge in [-0.05, 0) is 20.8 Å². The number of rotatable bonds is 2. The molecule has 0 aromatic carbocycles. The molecule has 13 heavy (non-hydrogen) atoms. The van der Waals surface area contributed by atoms with Crippen molar-refractivity contribution in [1.82, 2.24) is 0 Å². The summed E-state index contributed by atoms with van der Waals surface area (Å²) >= 11 is -1.38. The molecule has 0 saturated carbocycles. The molecule has 3 nitrogen and oxygen atoms in total. The molecule has 0 radical (unpaired) electrons. The van der Waals surface area contributed by atoms with Crippen LogP contribution >= 0.6 is 0 Å². The van der Waals surface area contributed by atoms with Crippen LogP contribution in [0.2, 0.25) is 0 Å². The van der Waals surface area contributed by atoms with E-state index in [1.807, 2.05) is 0 Å². The zero-order valence-corrected chi connectivity index (χ0v) is 8.86. The number of nitrogens with zero attached hydrogens (tertiary/aromatic N) is 1. The Labute approximate surface area is 80.7 Å². The third-order valence-corrected chi connectivity index (χ3v) is 2.93. The van der Waals surface area contributed by atoms with E-state index in [-0.39, 0.29) is 13.2 Å². The minimum Gasteiger partial charge on any atom is -0.591 e. The molecule has 76 valence electrons. The van der Waals surface area contributed by atoms with Crippen LogP contribution in [0.5, 0.6) is 0 Å². The highest BCUT2D eigenvalue weighted by Crippen LogP contribution is 2.22. The molecule has 0 aromatic rings. The molecule has 5 heteroatoms. The van der Waals surface area contributed by atoms with Gasteiger partial charge in [0, 0.05) is 0 Å². The van der Waals surface area contributed by atoms with Crippen molar-refractivity contribution in [3.63, 3.8) is 0 Å². The van der Waals surface area contributed by atoms with E-state index in [4.69, 9.17) is 4.74 Å². The molecular weight excluding hydrogens is 193 g/mol. The van der Waals surface area contributed by atoms with E-state index in [0.717, 1.165) is 6.21 Å². The summed E-state index contributed by atoms with van der Waals surface area (Å²) < 4.78 is 32.5. The van der Waals surface area contributed by atoms with E-state index in [9.17, 15) is 8.94 Å². The lowest BCUT2D eigenvalue weighted by Crippen LogP contribution is -2.47. The lowest BCUT2D eigenvalue weighted by Gasteiger charge is -2.29. The van der Waals surface area contributed by atoms with Crippen molar-refractivity contribution >= 4 is 17.6 Å². The molecule has 0 aromatic heterocycles. The van der Waals surface area contributed by atoms with Crippen LogP contribution in [0.4, 0.5) is 4.39 Å². The van der Waals surface area contributed by atoms with Crippen molar-refractivity contribution in [2.75, 3.05) is 13.2 Å². The van der Waals surface area contributed by atoms with Crippen LogP contribution in [0.1, 0.15) is 20.8 Å². The molecule has 1 aliphatic heterocycles. The minimum absolute atomic E-state index is 0.0256. The summed E-state index contributed by atoms with van der Waals surface area (Å²) in [4.78, 5) is 0. The first-order valence-corrected chi connectivity index (χ1v) is 5.18. The fraction of sp³-hybridized carbons (Fsp3) is 0.875. The highest BCUT2D eigenvalue weighted by Gasteiger charge is 2.39. The number of hydrogen-bond acceptors (Lipinski definition) is 3. The van der Waals surface area contributed by atoms with Crippen LogP contribution in [0.3, 0.4) is 0 Å². The summed E-state index contributed by atoms with van der Waals surface area (Å²) in [6.07, 6.45) is 1.11. The summed E-state index contributed by atoms with van der Waals surface area (Å²) in [6, 6.07) is 0. The molecular formula is C8H14FNO2S. The van der Waals surface area contributed by atoms with Gasteiger partial charge in [-0.25, -0.2) is 4.39 Å². The lowest BCUT2D eigenvalue weighted by atomic mass is 10.1. The predicted octanol–water partition coefficient (Wildman–Crippen LogP) is 1.26. The van der Waals surface area contributed by atoms with Crippen LogP contribution in [0.25, 0.3) is 0 Å². The van der Waals surface area contributed by atoms with Gasteiger partial charge < -0.3 is 9.29 Å². The maximum absolute atomic E-state index is 13.2. The average molecular weight is 207 g/mol. The van der Waals surface area contributed by atoms with Gasteiger partial charge in [0.2, 0.25) is 0 Å². The van der Waals surface area contributed by atoms with Gasteiger partial charge in [-0.1, -0.05) is 4.40 Å². The number of halogens is 1. The first-order valence-electron chi connectivity index (χ1n) is 4.07. The monoisotopic (exact) mass is 207 g/mol. The molecule has 0 amide bonds. The maximum atomic E-state index is 13.2. The molecule has 0 N–H and O–H groups in total. The van der Waals surface area contributed by atoms with E-state index in [1.165, 1.54) is 0 Å². The zero-order valence-electron chi connectivity index (χ0n) is 8.04. The van der Waals surface area contributed by atoms with Crippen molar-refractivity contribution in [1.29, 1.82) is 0 Å². The van der Waals surface area contributed by atoms with E-state index >= 15 is 0 Å². The Hall–Kier alpha value is -0.130. The molecule has 0 bridgehead atoms. The van der Waals surface area contributed by atoms with Crippen LogP contribution in [0.15, 0.2) is 4.40 Å². The highest BCUT2D eigenvalue weighted by molar-refractivity contribution is 7.91. The fourth-order valence-electron chi connectivity index (χ4n) is 0.672. The van der Waals surface area contributed by atoms with Crippen LogP contribution in [0, 0.1) is 0 Å². The number of alkyl halides is 1. The second-order valence-electron chi connectivity index (χ2n) is 4.12.